The molecule has 2 rings (SSSR count). The fourth-order valence-electron chi connectivity index (χ4n) is 1.78. The molecule has 0 bridgehead atoms. The molecule has 2 N–H and O–H groups in total. The molecule has 1 aliphatic rings. The maximum Gasteiger partial charge on any atom is 0.416 e. The third-order valence-corrected chi connectivity index (χ3v) is 3.31. The molecule has 1 aliphatic carbocycles. The topological polar surface area (TPSA) is 66.4 Å². The van der Waals surface area contributed by atoms with Crippen molar-refractivity contribution in [3.8, 4) is 0 Å². The number of hydrogen-bond donors (Lipinski definition) is 2. The number of halogens is 4. The van der Waals surface area contributed by atoms with Crippen LogP contribution in [0.1, 0.15) is 12.0 Å². The predicted octanol–water partition coefficient (Wildman–Crippen LogP) is 3.02. The van der Waals surface area contributed by atoms with Crippen LogP contribution in [0.5, 0.6) is 0 Å². The molecule has 0 heterocycles. The van der Waals surface area contributed by atoms with Crippen LogP contribution in [0.4, 0.5) is 18.9 Å². The minimum atomic E-state index is -4.52. The molecule has 0 unspecified atom stereocenters. The van der Waals surface area contributed by atoms with Crippen molar-refractivity contribution < 1.29 is 27.9 Å². The van der Waals surface area contributed by atoms with Gasteiger partial charge in [-0.1, -0.05) is 11.6 Å². The standard InChI is InChI=1S/C12H9ClF3NO3/c13-8-3-5(12(14,15)16)1-2-9(8)17-10(18)6-4-7(6)11(19)20/h1-3,6-7H,4H2,(H,17,18)(H,19,20)/t6-,7+/m1/s1. The summed E-state index contributed by atoms with van der Waals surface area (Å²) in [5.74, 6) is -3.02. The van der Waals surface area contributed by atoms with E-state index in [2.05, 4.69) is 5.32 Å². The molecule has 0 saturated heterocycles. The van der Waals surface area contributed by atoms with E-state index in [1.54, 1.807) is 0 Å². The number of carboxylic acid groups (broad SMARTS) is 1. The second-order valence-corrected chi connectivity index (χ2v) is 4.88. The SMILES string of the molecule is O=C(O)[C@H]1C[C@H]1C(=O)Nc1ccc(C(F)(F)F)cc1Cl. The normalized spacial score (nSPS) is 21.4. The zero-order chi connectivity index (χ0) is 15.1. The lowest BCUT2D eigenvalue weighted by atomic mass is 10.2. The number of hydrogen-bond acceptors (Lipinski definition) is 2. The molecule has 2 atom stereocenters. The van der Waals surface area contributed by atoms with E-state index in [1.807, 2.05) is 0 Å². The van der Waals surface area contributed by atoms with Crippen molar-refractivity contribution in [3.63, 3.8) is 0 Å². The van der Waals surface area contributed by atoms with Gasteiger partial charge in [-0.2, -0.15) is 13.2 Å². The van der Waals surface area contributed by atoms with E-state index in [1.165, 1.54) is 0 Å². The number of rotatable bonds is 3. The summed E-state index contributed by atoms with van der Waals surface area (Å²) in [5, 5.41) is 10.8. The van der Waals surface area contributed by atoms with Gasteiger partial charge in [-0.25, -0.2) is 0 Å². The second kappa shape index (κ2) is 4.97. The van der Waals surface area contributed by atoms with Crippen LogP contribution >= 0.6 is 11.6 Å². The zero-order valence-electron chi connectivity index (χ0n) is 9.87. The number of alkyl halides is 3. The minimum Gasteiger partial charge on any atom is -0.481 e. The third kappa shape index (κ3) is 3.04. The fraction of sp³-hybridized carbons (Fsp3) is 0.333. The van der Waals surface area contributed by atoms with Crippen molar-refractivity contribution in [1.82, 2.24) is 0 Å². The first-order valence-corrected chi connectivity index (χ1v) is 5.98. The van der Waals surface area contributed by atoms with E-state index < -0.39 is 35.5 Å². The first-order chi connectivity index (χ1) is 9.20. The van der Waals surface area contributed by atoms with E-state index >= 15 is 0 Å². The Bertz CT molecular complexity index is 574. The highest BCUT2D eigenvalue weighted by atomic mass is 35.5. The Labute approximate surface area is 116 Å². The first kappa shape index (κ1) is 14.6. The Morgan fingerprint density at radius 3 is 2.40 bits per heavy atom. The number of carboxylic acids is 1. The minimum absolute atomic E-state index is 0.0284. The Morgan fingerprint density at radius 1 is 1.30 bits per heavy atom. The molecule has 1 saturated carbocycles. The van der Waals surface area contributed by atoms with Crippen LogP contribution in [0, 0.1) is 11.8 Å². The molecule has 8 heteroatoms. The van der Waals surface area contributed by atoms with E-state index in [0.29, 0.717) is 6.07 Å². The number of aliphatic carboxylic acids is 1. The summed E-state index contributed by atoms with van der Waals surface area (Å²) in [6, 6.07) is 2.54. The first-order valence-electron chi connectivity index (χ1n) is 5.60. The monoisotopic (exact) mass is 307 g/mol. The molecule has 1 aromatic rings. The number of amides is 1. The Balaban J connectivity index is 2.08. The van der Waals surface area contributed by atoms with Gasteiger partial charge in [0.05, 0.1) is 28.1 Å². The average Bonchev–Trinajstić information content (AvgIpc) is 3.10. The number of carbonyl (C=O) groups excluding carboxylic acids is 1. The molecule has 0 spiro atoms. The van der Waals surface area contributed by atoms with Crippen LogP contribution in [0.2, 0.25) is 5.02 Å². The van der Waals surface area contributed by atoms with Crippen molar-refractivity contribution in [3.05, 3.63) is 28.8 Å². The quantitative estimate of drug-likeness (QED) is 0.902. The molecule has 0 aliphatic heterocycles. The smallest absolute Gasteiger partial charge is 0.416 e. The molecule has 1 aromatic carbocycles. The summed E-state index contributed by atoms with van der Waals surface area (Å²) in [6.07, 6.45) is -4.30. The Morgan fingerprint density at radius 2 is 1.95 bits per heavy atom. The highest BCUT2D eigenvalue weighted by Gasteiger charge is 2.48. The Kier molecular flexibility index (Phi) is 3.64. The van der Waals surface area contributed by atoms with Gasteiger partial charge in [-0.3, -0.25) is 9.59 Å². The molecular formula is C12H9ClF3NO3. The van der Waals surface area contributed by atoms with E-state index in [4.69, 9.17) is 16.7 Å². The summed E-state index contributed by atoms with van der Waals surface area (Å²) >= 11 is 5.67. The number of carbonyl (C=O) groups is 2. The van der Waals surface area contributed by atoms with E-state index in [0.717, 1.165) is 12.1 Å². The van der Waals surface area contributed by atoms with Gasteiger partial charge in [-0.05, 0) is 24.6 Å². The summed E-state index contributed by atoms with van der Waals surface area (Å²) in [6.45, 7) is 0. The lowest BCUT2D eigenvalue weighted by Gasteiger charge is -2.10. The van der Waals surface area contributed by atoms with Crippen LogP contribution < -0.4 is 5.32 Å². The van der Waals surface area contributed by atoms with Crippen molar-refractivity contribution in [2.45, 2.75) is 12.6 Å². The van der Waals surface area contributed by atoms with E-state index in [9.17, 15) is 22.8 Å². The highest BCUT2D eigenvalue weighted by Crippen LogP contribution is 2.40. The van der Waals surface area contributed by atoms with Gasteiger partial charge in [0.15, 0.2) is 0 Å². The fourth-order valence-corrected chi connectivity index (χ4v) is 2.00. The molecule has 1 amide bonds. The lowest BCUT2D eigenvalue weighted by Crippen LogP contribution is -2.17. The molecule has 0 aromatic heterocycles. The number of nitrogens with one attached hydrogen (secondary N) is 1. The lowest BCUT2D eigenvalue weighted by molar-refractivity contribution is -0.140. The van der Waals surface area contributed by atoms with Crippen molar-refractivity contribution in [2.75, 3.05) is 5.32 Å². The Hall–Kier alpha value is -1.76. The number of anilines is 1. The maximum atomic E-state index is 12.4. The van der Waals surface area contributed by atoms with Crippen molar-refractivity contribution in [1.29, 1.82) is 0 Å². The molecule has 0 radical (unpaired) electrons. The zero-order valence-corrected chi connectivity index (χ0v) is 10.6. The van der Waals surface area contributed by atoms with Crippen LogP contribution in [0.15, 0.2) is 18.2 Å². The van der Waals surface area contributed by atoms with Gasteiger partial charge in [0.25, 0.3) is 0 Å². The largest absolute Gasteiger partial charge is 0.481 e. The predicted molar refractivity (Wildman–Crippen MR) is 64.3 cm³/mol. The van der Waals surface area contributed by atoms with Gasteiger partial charge in [0.1, 0.15) is 0 Å². The van der Waals surface area contributed by atoms with Gasteiger partial charge in [0, 0.05) is 0 Å². The average molecular weight is 308 g/mol. The summed E-state index contributed by atoms with van der Waals surface area (Å²) in [4.78, 5) is 22.3. The van der Waals surface area contributed by atoms with Crippen LogP contribution in [0.3, 0.4) is 0 Å². The molecule has 1 fully saturated rings. The second-order valence-electron chi connectivity index (χ2n) is 4.47. The summed E-state index contributed by atoms with van der Waals surface area (Å²) in [5.41, 5.74) is -0.893. The van der Waals surface area contributed by atoms with E-state index in [-0.39, 0.29) is 17.1 Å². The maximum absolute atomic E-state index is 12.4. The van der Waals surface area contributed by atoms with Gasteiger partial charge in [0.2, 0.25) is 5.91 Å². The summed E-state index contributed by atoms with van der Waals surface area (Å²) < 4.78 is 37.3. The number of benzene rings is 1. The third-order valence-electron chi connectivity index (χ3n) is 3.00. The van der Waals surface area contributed by atoms with Crippen molar-refractivity contribution >= 4 is 29.2 Å². The van der Waals surface area contributed by atoms with Crippen LogP contribution in [-0.4, -0.2) is 17.0 Å². The molecule has 4 nitrogen and oxygen atoms in total. The van der Waals surface area contributed by atoms with Gasteiger partial charge < -0.3 is 10.4 Å². The molecule has 108 valence electrons. The molecular weight excluding hydrogens is 299 g/mol. The molecule has 20 heavy (non-hydrogen) atoms. The van der Waals surface area contributed by atoms with Gasteiger partial charge >= 0.3 is 12.1 Å². The highest BCUT2D eigenvalue weighted by molar-refractivity contribution is 6.33. The van der Waals surface area contributed by atoms with Crippen LogP contribution in [-0.2, 0) is 15.8 Å². The van der Waals surface area contributed by atoms with Crippen molar-refractivity contribution in [2.24, 2.45) is 11.8 Å². The van der Waals surface area contributed by atoms with Crippen LogP contribution in [0.25, 0.3) is 0 Å². The summed E-state index contributed by atoms with van der Waals surface area (Å²) in [7, 11) is 0. The van der Waals surface area contributed by atoms with Gasteiger partial charge in [-0.15, -0.1) is 0 Å².